The lowest BCUT2D eigenvalue weighted by Crippen LogP contribution is -2.48. The number of amides is 1. The Morgan fingerprint density at radius 3 is 2.03 bits per heavy atom. The van der Waals surface area contributed by atoms with E-state index in [-0.39, 0.29) is 5.91 Å². The van der Waals surface area contributed by atoms with Crippen molar-refractivity contribution in [3.05, 3.63) is 120 Å². The fourth-order valence-electron chi connectivity index (χ4n) is 4.44. The zero-order valence-corrected chi connectivity index (χ0v) is 22.6. The Morgan fingerprint density at radius 1 is 0.769 bits per heavy atom. The monoisotopic (exact) mass is 541 g/mol. The van der Waals surface area contributed by atoms with E-state index < -0.39 is 10.0 Å². The van der Waals surface area contributed by atoms with Gasteiger partial charge in [-0.05, 0) is 73.2 Å². The Balaban J connectivity index is 1.11. The molecule has 0 unspecified atom stereocenters. The van der Waals surface area contributed by atoms with E-state index in [2.05, 4.69) is 10.2 Å². The molecule has 7 nitrogen and oxygen atoms in total. The number of nitrogens with one attached hydrogen (secondary N) is 1. The minimum atomic E-state index is -3.48. The van der Waals surface area contributed by atoms with Gasteiger partial charge in [0.2, 0.25) is 10.0 Å². The third-order valence-corrected chi connectivity index (χ3v) is 8.62. The second kappa shape index (κ2) is 11.8. The summed E-state index contributed by atoms with van der Waals surface area (Å²) in [6.07, 6.45) is 0. The van der Waals surface area contributed by atoms with Crippen LogP contribution < -0.4 is 10.1 Å². The number of ether oxygens (including phenoxy) is 1. The van der Waals surface area contributed by atoms with Gasteiger partial charge in [-0.3, -0.25) is 9.69 Å². The zero-order valence-electron chi connectivity index (χ0n) is 21.8. The average molecular weight is 542 g/mol. The van der Waals surface area contributed by atoms with Crippen molar-refractivity contribution in [1.29, 1.82) is 0 Å². The summed E-state index contributed by atoms with van der Waals surface area (Å²) in [6, 6.07) is 31.3. The number of carbonyl (C=O) groups is 1. The standard InChI is InChI=1S/C31H31N3O4S/c1-24-7-17-30(18-8-24)39(36,37)34-21-19-33(20-22-34)23-25-9-11-26(12-10-25)31(35)32-27-13-15-29(16-14-27)38-28-5-3-2-4-6-28/h2-18H,19-23H2,1H3,(H,32,35). The molecule has 4 aromatic carbocycles. The van der Waals surface area contributed by atoms with Gasteiger partial charge in [-0.25, -0.2) is 8.42 Å². The quantitative estimate of drug-likeness (QED) is 0.317. The second-order valence-electron chi connectivity index (χ2n) is 9.58. The van der Waals surface area contributed by atoms with E-state index in [9.17, 15) is 13.2 Å². The second-order valence-corrected chi connectivity index (χ2v) is 11.5. The Hall–Kier alpha value is -3.98. The van der Waals surface area contributed by atoms with Crippen molar-refractivity contribution in [3.63, 3.8) is 0 Å². The van der Waals surface area contributed by atoms with Crippen LogP contribution in [-0.4, -0.2) is 49.7 Å². The molecule has 0 bridgehead atoms. The molecule has 1 heterocycles. The Bertz CT molecular complexity index is 1500. The van der Waals surface area contributed by atoms with Crippen molar-refractivity contribution < 1.29 is 17.9 Å². The van der Waals surface area contributed by atoms with Gasteiger partial charge in [0.15, 0.2) is 0 Å². The number of aryl methyl sites for hydroxylation is 1. The summed E-state index contributed by atoms with van der Waals surface area (Å²) < 4.78 is 33.3. The molecule has 0 aromatic heterocycles. The van der Waals surface area contributed by atoms with Crippen molar-refractivity contribution in [2.24, 2.45) is 0 Å². The number of carbonyl (C=O) groups excluding carboxylic acids is 1. The van der Waals surface area contributed by atoms with Gasteiger partial charge in [0, 0.05) is 44.0 Å². The van der Waals surface area contributed by atoms with Crippen LogP contribution in [0.15, 0.2) is 108 Å². The summed E-state index contributed by atoms with van der Waals surface area (Å²) in [4.78, 5) is 15.3. The maximum atomic E-state index is 13.0. The minimum absolute atomic E-state index is 0.187. The molecule has 1 fully saturated rings. The van der Waals surface area contributed by atoms with E-state index in [0.717, 1.165) is 16.9 Å². The highest BCUT2D eigenvalue weighted by atomic mass is 32.2. The highest BCUT2D eigenvalue weighted by Gasteiger charge is 2.28. The fraction of sp³-hybridized carbons (Fsp3) is 0.194. The van der Waals surface area contributed by atoms with Gasteiger partial charge in [0.25, 0.3) is 5.91 Å². The normalized spacial score (nSPS) is 14.6. The summed E-state index contributed by atoms with van der Waals surface area (Å²) in [5.74, 6) is 1.26. The molecular weight excluding hydrogens is 510 g/mol. The summed E-state index contributed by atoms with van der Waals surface area (Å²) >= 11 is 0. The molecule has 1 N–H and O–H groups in total. The first-order valence-electron chi connectivity index (χ1n) is 12.9. The Labute approximate surface area is 229 Å². The zero-order chi connectivity index (χ0) is 27.2. The molecule has 1 amide bonds. The molecule has 1 aliphatic rings. The molecule has 1 aliphatic heterocycles. The van der Waals surface area contributed by atoms with Crippen LogP contribution in [0.5, 0.6) is 11.5 Å². The van der Waals surface area contributed by atoms with Gasteiger partial charge in [-0.1, -0.05) is 48.0 Å². The topological polar surface area (TPSA) is 79.0 Å². The van der Waals surface area contributed by atoms with Crippen molar-refractivity contribution in [3.8, 4) is 11.5 Å². The first-order chi connectivity index (χ1) is 18.9. The van der Waals surface area contributed by atoms with Crippen molar-refractivity contribution >= 4 is 21.6 Å². The number of hydrogen-bond donors (Lipinski definition) is 1. The molecule has 200 valence electrons. The smallest absolute Gasteiger partial charge is 0.255 e. The number of rotatable bonds is 8. The molecule has 5 rings (SSSR count). The highest BCUT2D eigenvalue weighted by Crippen LogP contribution is 2.23. The van der Waals surface area contributed by atoms with Crippen LogP contribution in [0.1, 0.15) is 21.5 Å². The fourth-order valence-corrected chi connectivity index (χ4v) is 5.86. The number of sulfonamides is 1. The lowest BCUT2D eigenvalue weighted by Gasteiger charge is -2.34. The number of piperazine rings is 1. The largest absolute Gasteiger partial charge is 0.457 e. The Morgan fingerprint density at radius 2 is 1.38 bits per heavy atom. The van der Waals surface area contributed by atoms with Gasteiger partial charge in [-0.15, -0.1) is 0 Å². The van der Waals surface area contributed by atoms with Crippen molar-refractivity contribution in [1.82, 2.24) is 9.21 Å². The van der Waals surface area contributed by atoms with Crippen LogP contribution in [0.25, 0.3) is 0 Å². The summed E-state index contributed by atoms with van der Waals surface area (Å²) in [6.45, 7) is 4.84. The maximum absolute atomic E-state index is 13.0. The van der Waals surface area contributed by atoms with Gasteiger partial charge in [0.1, 0.15) is 11.5 Å². The summed E-state index contributed by atoms with van der Waals surface area (Å²) in [5, 5.41) is 2.92. The first-order valence-corrected chi connectivity index (χ1v) is 14.3. The molecular formula is C31H31N3O4S. The molecule has 0 radical (unpaired) electrons. The third kappa shape index (κ3) is 6.72. The van der Waals surface area contributed by atoms with Crippen LogP contribution in [0.3, 0.4) is 0 Å². The minimum Gasteiger partial charge on any atom is -0.457 e. The van der Waals surface area contributed by atoms with E-state index in [1.165, 1.54) is 0 Å². The third-order valence-electron chi connectivity index (χ3n) is 6.70. The van der Waals surface area contributed by atoms with Gasteiger partial charge in [-0.2, -0.15) is 4.31 Å². The molecule has 0 saturated carbocycles. The van der Waals surface area contributed by atoms with E-state index in [0.29, 0.717) is 54.6 Å². The predicted molar refractivity (Wildman–Crippen MR) is 153 cm³/mol. The van der Waals surface area contributed by atoms with E-state index >= 15 is 0 Å². The number of nitrogens with zero attached hydrogens (tertiary/aromatic N) is 2. The maximum Gasteiger partial charge on any atom is 0.255 e. The SMILES string of the molecule is Cc1ccc(S(=O)(=O)N2CCN(Cc3ccc(C(=O)Nc4ccc(Oc5ccccc5)cc4)cc3)CC2)cc1. The molecule has 0 spiro atoms. The number of para-hydroxylation sites is 1. The Kier molecular flexibility index (Phi) is 8.07. The lowest BCUT2D eigenvalue weighted by atomic mass is 10.1. The average Bonchev–Trinajstić information content (AvgIpc) is 2.95. The first kappa shape index (κ1) is 26.6. The molecule has 39 heavy (non-hydrogen) atoms. The van der Waals surface area contributed by atoms with Crippen LogP contribution in [-0.2, 0) is 16.6 Å². The molecule has 4 aromatic rings. The number of anilines is 1. The van der Waals surface area contributed by atoms with Gasteiger partial charge >= 0.3 is 0 Å². The number of benzene rings is 4. The molecule has 1 saturated heterocycles. The van der Waals surface area contributed by atoms with Crippen LogP contribution in [0, 0.1) is 6.92 Å². The van der Waals surface area contributed by atoms with Crippen LogP contribution >= 0.6 is 0 Å². The predicted octanol–water partition coefficient (Wildman–Crippen LogP) is 5.55. The summed E-state index contributed by atoms with van der Waals surface area (Å²) in [7, 11) is -3.48. The summed E-state index contributed by atoms with van der Waals surface area (Å²) in [5.41, 5.74) is 3.36. The van der Waals surface area contributed by atoms with E-state index in [1.807, 2.05) is 97.9 Å². The van der Waals surface area contributed by atoms with Crippen molar-refractivity contribution in [2.45, 2.75) is 18.4 Å². The van der Waals surface area contributed by atoms with Gasteiger partial charge in [0.05, 0.1) is 4.90 Å². The van der Waals surface area contributed by atoms with E-state index in [4.69, 9.17) is 4.74 Å². The van der Waals surface area contributed by atoms with Crippen molar-refractivity contribution in [2.75, 3.05) is 31.5 Å². The van der Waals surface area contributed by atoms with Gasteiger partial charge < -0.3 is 10.1 Å². The van der Waals surface area contributed by atoms with E-state index in [1.54, 1.807) is 16.4 Å². The van der Waals surface area contributed by atoms with Crippen LogP contribution in [0.2, 0.25) is 0 Å². The lowest BCUT2D eigenvalue weighted by molar-refractivity contribution is 0.102. The number of hydrogen-bond acceptors (Lipinski definition) is 5. The molecule has 0 atom stereocenters. The molecule has 8 heteroatoms. The molecule has 0 aliphatic carbocycles. The highest BCUT2D eigenvalue weighted by molar-refractivity contribution is 7.89. The van der Waals surface area contributed by atoms with Crippen LogP contribution in [0.4, 0.5) is 5.69 Å².